The fraction of sp³-hybridized carbons (Fsp3) is 0.368. The van der Waals surface area contributed by atoms with Gasteiger partial charge in [0.25, 0.3) is 0 Å². The molecule has 3 atom stereocenters. The van der Waals surface area contributed by atoms with Crippen LogP contribution in [-0.2, 0) is 0 Å². The van der Waals surface area contributed by atoms with Crippen molar-refractivity contribution < 1.29 is 9.21 Å². The maximum Gasteiger partial charge on any atom is 0.202 e. The van der Waals surface area contributed by atoms with Gasteiger partial charge in [0.05, 0.1) is 11.6 Å². The van der Waals surface area contributed by atoms with Gasteiger partial charge in [0.2, 0.25) is 5.78 Å². The Kier molecular flexibility index (Phi) is 3.14. The van der Waals surface area contributed by atoms with E-state index < -0.39 is 0 Å². The molecule has 6 nitrogen and oxygen atoms in total. The second-order valence-electron chi connectivity index (χ2n) is 7.12. The molecule has 1 aromatic carbocycles. The predicted molar refractivity (Wildman–Crippen MR) is 94.6 cm³/mol. The summed E-state index contributed by atoms with van der Waals surface area (Å²) in [4.78, 5) is 15.3. The highest BCUT2D eigenvalue weighted by atomic mass is 16.3. The molecular weight excluding hydrogens is 316 g/mol. The monoisotopic (exact) mass is 336 g/mol. The van der Waals surface area contributed by atoms with Crippen molar-refractivity contribution in [1.29, 1.82) is 0 Å². The smallest absolute Gasteiger partial charge is 0.202 e. The van der Waals surface area contributed by atoms with Gasteiger partial charge >= 0.3 is 0 Å². The van der Waals surface area contributed by atoms with Crippen molar-refractivity contribution in [3.05, 3.63) is 41.8 Å². The molecule has 4 heterocycles. The SMILES string of the molecule is Cc1ccc(-c2ccc3c(C(=O)C4[C@H]5C[C@@H](CN5)N4C)n[nH]c3c2)o1. The molecule has 2 saturated heterocycles. The Morgan fingerprint density at radius 3 is 2.92 bits per heavy atom. The zero-order chi connectivity index (χ0) is 17.1. The normalized spacial score (nSPS) is 25.9. The predicted octanol–water partition coefficient (Wildman–Crippen LogP) is 2.36. The van der Waals surface area contributed by atoms with Crippen LogP contribution in [0, 0.1) is 6.92 Å². The molecule has 0 aliphatic carbocycles. The van der Waals surface area contributed by atoms with Gasteiger partial charge in [-0.2, -0.15) is 5.10 Å². The highest BCUT2D eigenvalue weighted by Gasteiger charge is 2.48. The van der Waals surface area contributed by atoms with Gasteiger partial charge in [-0.1, -0.05) is 6.07 Å². The molecule has 0 radical (unpaired) electrons. The van der Waals surface area contributed by atoms with E-state index in [4.69, 9.17) is 4.42 Å². The van der Waals surface area contributed by atoms with Gasteiger partial charge in [-0.15, -0.1) is 0 Å². The second kappa shape index (κ2) is 5.28. The van der Waals surface area contributed by atoms with Crippen LogP contribution in [0.1, 0.15) is 22.7 Å². The lowest BCUT2D eigenvalue weighted by atomic mass is 10.00. The van der Waals surface area contributed by atoms with Crippen LogP contribution in [0.25, 0.3) is 22.2 Å². The van der Waals surface area contributed by atoms with Crippen LogP contribution in [0.2, 0.25) is 0 Å². The number of H-pyrrole nitrogens is 1. The fourth-order valence-electron chi connectivity index (χ4n) is 4.27. The number of nitrogens with one attached hydrogen (secondary N) is 2. The van der Waals surface area contributed by atoms with E-state index in [9.17, 15) is 4.79 Å². The number of carbonyl (C=O) groups excluding carboxylic acids is 1. The Bertz CT molecular complexity index is 971. The summed E-state index contributed by atoms with van der Waals surface area (Å²) in [5, 5.41) is 11.7. The number of ketones is 1. The van der Waals surface area contributed by atoms with Crippen molar-refractivity contribution in [3.63, 3.8) is 0 Å². The van der Waals surface area contributed by atoms with Gasteiger partial charge in [-0.3, -0.25) is 14.8 Å². The standard InChI is InChI=1S/C19H20N4O2/c1-10-3-6-16(25-10)11-4-5-13-14(7-11)21-22-17(13)19(24)18-15-8-12(9-20-15)23(18)2/h3-7,12,15,18,20H,8-9H2,1-2H3,(H,21,22)/t12-,15+,18?/m0/s1. The molecular formula is C19H20N4O2. The van der Waals surface area contributed by atoms with Crippen LogP contribution >= 0.6 is 0 Å². The maximum atomic E-state index is 13.1. The van der Waals surface area contributed by atoms with Crippen LogP contribution in [-0.4, -0.2) is 52.6 Å². The first-order valence-electron chi connectivity index (χ1n) is 8.66. The highest BCUT2D eigenvalue weighted by Crippen LogP contribution is 2.32. The van der Waals surface area contributed by atoms with E-state index in [-0.39, 0.29) is 17.9 Å². The van der Waals surface area contributed by atoms with Crippen LogP contribution in [0.3, 0.4) is 0 Å². The minimum atomic E-state index is -0.127. The van der Waals surface area contributed by atoms with Crippen LogP contribution in [0.4, 0.5) is 0 Å². The molecule has 1 unspecified atom stereocenters. The maximum absolute atomic E-state index is 13.1. The molecule has 2 aliphatic rings. The molecule has 2 bridgehead atoms. The summed E-state index contributed by atoms with van der Waals surface area (Å²) >= 11 is 0. The van der Waals surface area contributed by atoms with Crippen molar-refractivity contribution in [2.75, 3.05) is 13.6 Å². The van der Waals surface area contributed by atoms with Crippen molar-refractivity contribution in [3.8, 4) is 11.3 Å². The molecule has 3 aromatic rings. The third kappa shape index (κ3) is 2.18. The zero-order valence-corrected chi connectivity index (χ0v) is 14.2. The topological polar surface area (TPSA) is 74.2 Å². The molecule has 128 valence electrons. The summed E-state index contributed by atoms with van der Waals surface area (Å²) in [6.07, 6.45) is 1.04. The zero-order valence-electron chi connectivity index (χ0n) is 14.2. The quantitative estimate of drug-likeness (QED) is 0.718. The van der Waals surface area contributed by atoms with Gasteiger partial charge in [-0.25, -0.2) is 0 Å². The van der Waals surface area contributed by atoms with Crippen molar-refractivity contribution in [2.45, 2.75) is 31.5 Å². The third-order valence-electron chi connectivity index (χ3n) is 5.63. The van der Waals surface area contributed by atoms with Gasteiger partial charge in [0, 0.05) is 29.6 Å². The van der Waals surface area contributed by atoms with Gasteiger partial charge in [0.1, 0.15) is 17.2 Å². The van der Waals surface area contributed by atoms with E-state index in [0.717, 1.165) is 41.0 Å². The van der Waals surface area contributed by atoms with Crippen LogP contribution in [0.5, 0.6) is 0 Å². The summed E-state index contributed by atoms with van der Waals surface area (Å²) in [5.74, 6) is 1.79. The van der Waals surface area contributed by atoms with Gasteiger partial charge in [-0.05, 0) is 44.7 Å². The first kappa shape index (κ1) is 14.9. The van der Waals surface area contributed by atoms with Crippen molar-refractivity contribution >= 4 is 16.7 Å². The second-order valence-corrected chi connectivity index (χ2v) is 7.12. The lowest BCUT2D eigenvalue weighted by Gasteiger charge is -2.30. The summed E-state index contributed by atoms with van der Waals surface area (Å²) in [6.45, 7) is 2.90. The molecule has 0 amide bonds. The number of fused-ring (bicyclic) bond motifs is 3. The fourth-order valence-corrected chi connectivity index (χ4v) is 4.27. The summed E-state index contributed by atoms with van der Waals surface area (Å²) in [6, 6.07) is 10.4. The van der Waals surface area contributed by atoms with E-state index in [0.29, 0.717) is 11.7 Å². The van der Waals surface area contributed by atoms with Crippen molar-refractivity contribution in [1.82, 2.24) is 20.4 Å². The number of hydrogen-bond acceptors (Lipinski definition) is 5. The number of furan rings is 1. The molecule has 2 aliphatic heterocycles. The number of carbonyl (C=O) groups is 1. The number of rotatable bonds is 3. The number of nitrogens with zero attached hydrogens (tertiary/aromatic N) is 2. The Labute approximate surface area is 145 Å². The summed E-state index contributed by atoms with van der Waals surface area (Å²) in [5.41, 5.74) is 2.36. The molecule has 0 spiro atoms. The molecule has 5 rings (SSSR count). The lowest BCUT2D eigenvalue weighted by molar-refractivity contribution is 0.0811. The number of piperazine rings is 1. The minimum absolute atomic E-state index is 0.0926. The van der Waals surface area contributed by atoms with E-state index in [1.54, 1.807) is 0 Å². The lowest BCUT2D eigenvalue weighted by Crippen LogP contribution is -2.53. The Morgan fingerprint density at radius 1 is 1.32 bits per heavy atom. The minimum Gasteiger partial charge on any atom is -0.461 e. The van der Waals surface area contributed by atoms with Crippen molar-refractivity contribution in [2.24, 2.45) is 0 Å². The number of likely N-dealkylation sites (N-methyl/N-ethyl adjacent to an activating group) is 1. The molecule has 6 heteroatoms. The largest absolute Gasteiger partial charge is 0.461 e. The van der Waals surface area contributed by atoms with Crippen LogP contribution < -0.4 is 5.32 Å². The molecule has 25 heavy (non-hydrogen) atoms. The van der Waals surface area contributed by atoms with E-state index in [2.05, 4.69) is 20.4 Å². The number of benzene rings is 1. The highest BCUT2D eigenvalue weighted by molar-refractivity contribution is 6.09. The molecule has 0 saturated carbocycles. The Balaban J connectivity index is 1.51. The number of aryl methyl sites for hydroxylation is 1. The number of Topliss-reactive ketones (excluding diaryl/α,β-unsaturated/α-hetero) is 1. The summed E-state index contributed by atoms with van der Waals surface area (Å²) in [7, 11) is 2.04. The first-order valence-corrected chi connectivity index (χ1v) is 8.66. The van der Waals surface area contributed by atoms with E-state index in [1.807, 2.05) is 44.3 Å². The first-order chi connectivity index (χ1) is 12.1. The summed E-state index contributed by atoms with van der Waals surface area (Å²) < 4.78 is 5.69. The average molecular weight is 336 g/mol. The Morgan fingerprint density at radius 2 is 2.20 bits per heavy atom. The average Bonchev–Trinajstić information content (AvgIpc) is 3.36. The van der Waals surface area contributed by atoms with Gasteiger partial charge in [0.15, 0.2) is 0 Å². The number of hydrogen-bond donors (Lipinski definition) is 2. The Hall–Kier alpha value is -2.44. The number of likely N-dealkylation sites (tertiary alicyclic amines) is 1. The third-order valence-corrected chi connectivity index (χ3v) is 5.63. The van der Waals surface area contributed by atoms with E-state index in [1.165, 1.54) is 0 Å². The molecule has 2 N–H and O–H groups in total. The molecule has 2 aromatic heterocycles. The van der Waals surface area contributed by atoms with Crippen LogP contribution in [0.15, 0.2) is 34.7 Å². The van der Waals surface area contributed by atoms with E-state index >= 15 is 0 Å². The number of aromatic nitrogens is 2. The van der Waals surface area contributed by atoms with Gasteiger partial charge < -0.3 is 9.73 Å². The number of aromatic amines is 1. The molecule has 2 fully saturated rings.